The number of aliphatic hydroxyl groups is 1. The molecule has 0 saturated carbocycles. The van der Waals surface area contributed by atoms with Gasteiger partial charge in [0.25, 0.3) is 0 Å². The van der Waals surface area contributed by atoms with E-state index in [9.17, 15) is 25.2 Å². The molecule has 1 aromatic rings. The number of ketones is 1. The summed E-state index contributed by atoms with van der Waals surface area (Å²) in [6.07, 6.45) is 6.74. The predicted molar refractivity (Wildman–Crippen MR) is 85.0 cm³/mol. The molecule has 1 aromatic carbocycles. The largest absolute Gasteiger partial charge is 0.502 e. The van der Waals surface area contributed by atoms with Gasteiger partial charge in [-0.1, -0.05) is 36.4 Å². The number of carbonyl (C=O) groups is 1. The molecule has 0 saturated heterocycles. The van der Waals surface area contributed by atoms with Crippen LogP contribution in [0.25, 0.3) is 5.57 Å². The molecule has 2 N–H and O–H groups in total. The van der Waals surface area contributed by atoms with Gasteiger partial charge in [-0.05, 0) is 17.7 Å². The van der Waals surface area contributed by atoms with Crippen molar-refractivity contribution in [3.63, 3.8) is 0 Å². The summed E-state index contributed by atoms with van der Waals surface area (Å²) in [5.74, 6) is -1.39. The summed E-state index contributed by atoms with van der Waals surface area (Å²) in [5, 5.41) is 32.0. The minimum atomic E-state index is -0.779. The summed E-state index contributed by atoms with van der Waals surface area (Å²) in [5.41, 5.74) is -0.425. The minimum absolute atomic E-state index is 0.0409. The summed E-state index contributed by atoms with van der Waals surface area (Å²) in [6.45, 7) is 0. The van der Waals surface area contributed by atoms with Crippen molar-refractivity contribution in [1.29, 1.82) is 0 Å². The Morgan fingerprint density at radius 3 is 2.46 bits per heavy atom. The zero-order chi connectivity index (χ0) is 17.3. The maximum absolute atomic E-state index is 12.8. The lowest BCUT2D eigenvalue weighted by molar-refractivity contribution is -0.421. The fourth-order valence-corrected chi connectivity index (χ4v) is 2.48. The van der Waals surface area contributed by atoms with Gasteiger partial charge in [0.1, 0.15) is 0 Å². The van der Waals surface area contributed by atoms with Gasteiger partial charge >= 0.3 is 5.70 Å². The third-order valence-corrected chi connectivity index (χ3v) is 3.61. The Morgan fingerprint density at radius 1 is 1.12 bits per heavy atom. The second kappa shape index (κ2) is 5.98. The van der Waals surface area contributed by atoms with Crippen LogP contribution in [0.3, 0.4) is 0 Å². The lowest BCUT2D eigenvalue weighted by Crippen LogP contribution is -2.23. The van der Waals surface area contributed by atoms with Gasteiger partial charge in [0.15, 0.2) is 5.78 Å². The maximum atomic E-state index is 12.8. The molecule has 0 radical (unpaired) electrons. The van der Waals surface area contributed by atoms with Crippen LogP contribution in [0.15, 0.2) is 83.6 Å². The van der Waals surface area contributed by atoms with Crippen molar-refractivity contribution in [2.24, 2.45) is 0 Å². The number of hydrogen-bond donors (Lipinski definition) is 2. The first-order chi connectivity index (χ1) is 11.5. The van der Waals surface area contributed by atoms with Gasteiger partial charge in [-0.2, -0.15) is 0 Å². The molecule has 3 rings (SSSR count). The smallest absolute Gasteiger partial charge is 0.312 e. The number of Topliss-reactive ketones (excluding diaryl/α,β-unsaturated/α-hetero) is 1. The summed E-state index contributed by atoms with van der Waals surface area (Å²) in [4.78, 5) is 23.3. The van der Waals surface area contributed by atoms with Crippen molar-refractivity contribution in [3.8, 4) is 0 Å². The van der Waals surface area contributed by atoms with Crippen LogP contribution in [-0.2, 0) is 4.79 Å². The molecule has 0 unspecified atom stereocenters. The number of allylic oxidation sites excluding steroid dienone is 6. The molecule has 0 aromatic heterocycles. The Morgan fingerprint density at radius 2 is 1.83 bits per heavy atom. The topological polar surface area (TPSA) is 104 Å². The molecule has 0 bridgehead atoms. The van der Waals surface area contributed by atoms with Gasteiger partial charge in [-0.25, -0.2) is 5.06 Å². The molecule has 7 heteroatoms. The van der Waals surface area contributed by atoms with Gasteiger partial charge in [0, 0.05) is 17.8 Å². The van der Waals surface area contributed by atoms with E-state index in [1.807, 2.05) is 0 Å². The highest BCUT2D eigenvalue weighted by Gasteiger charge is 2.36. The molecule has 1 aliphatic carbocycles. The van der Waals surface area contributed by atoms with Crippen LogP contribution >= 0.6 is 0 Å². The molecule has 0 spiro atoms. The Hall–Kier alpha value is -3.45. The van der Waals surface area contributed by atoms with Gasteiger partial charge in [-0.3, -0.25) is 20.1 Å². The quantitative estimate of drug-likeness (QED) is 0.492. The normalized spacial score (nSPS) is 20.5. The Labute approximate surface area is 136 Å². The van der Waals surface area contributed by atoms with Crippen LogP contribution in [0.5, 0.6) is 0 Å². The van der Waals surface area contributed by atoms with E-state index >= 15 is 0 Å². The van der Waals surface area contributed by atoms with E-state index in [2.05, 4.69) is 0 Å². The van der Waals surface area contributed by atoms with E-state index in [4.69, 9.17) is 0 Å². The van der Waals surface area contributed by atoms with Crippen LogP contribution < -0.4 is 0 Å². The fraction of sp³-hybridized carbons (Fsp3) is 0. The Kier molecular flexibility index (Phi) is 3.85. The number of benzene rings is 1. The Balaban J connectivity index is 2.26. The molecule has 0 fully saturated rings. The number of hydrogen-bond acceptors (Lipinski definition) is 6. The summed E-state index contributed by atoms with van der Waals surface area (Å²) in [6, 6.07) is 8.42. The lowest BCUT2D eigenvalue weighted by atomic mass is 9.88. The monoisotopic (exact) mass is 324 g/mol. The number of nitrogens with zero attached hydrogens (tertiary/aromatic N) is 2. The lowest BCUT2D eigenvalue weighted by Gasteiger charge is -2.22. The number of rotatable bonds is 2. The van der Waals surface area contributed by atoms with Crippen LogP contribution in [0.4, 0.5) is 0 Å². The highest BCUT2D eigenvalue weighted by molar-refractivity contribution is 6.31. The van der Waals surface area contributed by atoms with Crippen molar-refractivity contribution < 1.29 is 20.0 Å². The first kappa shape index (κ1) is 15.4. The summed E-state index contributed by atoms with van der Waals surface area (Å²) < 4.78 is 0. The molecular formula is C17H12N2O5. The molecular weight excluding hydrogens is 312 g/mol. The highest BCUT2D eigenvalue weighted by atomic mass is 16.6. The summed E-state index contributed by atoms with van der Waals surface area (Å²) >= 11 is 0. The van der Waals surface area contributed by atoms with Crippen LogP contribution in [0, 0.1) is 10.1 Å². The molecule has 0 amide bonds. The van der Waals surface area contributed by atoms with Crippen molar-refractivity contribution in [2.45, 2.75) is 0 Å². The summed E-state index contributed by atoms with van der Waals surface area (Å²) in [7, 11) is 0. The molecule has 1 aliphatic heterocycles. The van der Waals surface area contributed by atoms with E-state index in [-0.39, 0.29) is 16.8 Å². The second-order valence-electron chi connectivity index (χ2n) is 5.05. The first-order valence-electron chi connectivity index (χ1n) is 6.98. The van der Waals surface area contributed by atoms with Crippen LogP contribution in [0.1, 0.15) is 5.56 Å². The minimum Gasteiger partial charge on any atom is -0.502 e. The van der Waals surface area contributed by atoms with Gasteiger partial charge in [-0.15, -0.1) is 0 Å². The van der Waals surface area contributed by atoms with E-state index < -0.39 is 22.2 Å². The zero-order valence-corrected chi connectivity index (χ0v) is 12.3. The third-order valence-electron chi connectivity index (χ3n) is 3.61. The van der Waals surface area contributed by atoms with Crippen LogP contribution in [-0.4, -0.2) is 26.1 Å². The van der Waals surface area contributed by atoms with Crippen molar-refractivity contribution in [1.82, 2.24) is 5.06 Å². The van der Waals surface area contributed by atoms with Crippen molar-refractivity contribution in [3.05, 3.63) is 99.2 Å². The van der Waals surface area contributed by atoms with E-state index in [0.717, 1.165) is 6.08 Å². The Bertz CT molecular complexity index is 876. The fourth-order valence-electron chi connectivity index (χ4n) is 2.48. The number of hydroxylamine groups is 2. The molecule has 2 aliphatic rings. The van der Waals surface area contributed by atoms with E-state index in [0.29, 0.717) is 10.6 Å². The van der Waals surface area contributed by atoms with Crippen molar-refractivity contribution in [2.75, 3.05) is 0 Å². The van der Waals surface area contributed by atoms with E-state index in [1.54, 1.807) is 36.4 Å². The highest BCUT2D eigenvalue weighted by Crippen LogP contribution is 2.34. The SMILES string of the molecule is O=C1C(c2ccccc2)=CC([N+](=O)[O-])=C(O)C1=C1C=CC=CN1O. The average molecular weight is 324 g/mol. The van der Waals surface area contributed by atoms with E-state index in [1.165, 1.54) is 18.4 Å². The molecule has 1 heterocycles. The van der Waals surface area contributed by atoms with Gasteiger partial charge in [0.2, 0.25) is 5.76 Å². The molecule has 120 valence electrons. The first-order valence-corrected chi connectivity index (χ1v) is 6.98. The standard InChI is InChI=1S/C17H12N2O5/c20-16-12(11-6-2-1-3-7-11)10-14(19(23)24)17(21)15(16)13-8-4-5-9-18(13)22/h1-10,21-22H. The average Bonchev–Trinajstić information content (AvgIpc) is 2.57. The second-order valence-corrected chi connectivity index (χ2v) is 5.05. The predicted octanol–water partition coefficient (Wildman–Crippen LogP) is 2.73. The maximum Gasteiger partial charge on any atom is 0.312 e. The number of nitro groups is 1. The number of carbonyl (C=O) groups excluding carboxylic acids is 1. The molecule has 24 heavy (non-hydrogen) atoms. The molecule has 0 atom stereocenters. The van der Waals surface area contributed by atoms with Crippen molar-refractivity contribution >= 4 is 11.4 Å². The zero-order valence-electron chi connectivity index (χ0n) is 12.3. The van der Waals surface area contributed by atoms with Gasteiger partial charge in [0.05, 0.1) is 16.2 Å². The third kappa shape index (κ3) is 2.53. The number of aliphatic hydroxyl groups excluding tert-OH is 1. The van der Waals surface area contributed by atoms with Gasteiger partial charge < -0.3 is 5.11 Å². The van der Waals surface area contributed by atoms with Crippen LogP contribution in [0.2, 0.25) is 0 Å². The molecule has 7 nitrogen and oxygen atoms in total.